The highest BCUT2D eigenvalue weighted by molar-refractivity contribution is 9.10. The standard InChI is InChI=1S/C11H17BrN2O2S.ClH/c1-9-8-10(4-5-11(9)12)17(15,16)14-7-3-6-13-2;/h4-5,8,13-14H,3,6-7H2,1-2H3;1H. The van der Waals surface area contributed by atoms with E-state index in [0.717, 1.165) is 23.0 Å². The minimum atomic E-state index is -3.38. The van der Waals surface area contributed by atoms with Gasteiger partial charge in [0.2, 0.25) is 10.0 Å². The highest BCUT2D eigenvalue weighted by Crippen LogP contribution is 2.19. The largest absolute Gasteiger partial charge is 0.320 e. The summed E-state index contributed by atoms with van der Waals surface area (Å²) in [6.45, 7) is 3.10. The minimum Gasteiger partial charge on any atom is -0.320 e. The number of nitrogens with one attached hydrogen (secondary N) is 2. The molecular weight excluding hydrogens is 340 g/mol. The van der Waals surface area contributed by atoms with Crippen LogP contribution in [0, 0.1) is 6.92 Å². The van der Waals surface area contributed by atoms with Crippen molar-refractivity contribution < 1.29 is 8.42 Å². The zero-order chi connectivity index (χ0) is 12.9. The molecule has 0 fully saturated rings. The third-order valence-electron chi connectivity index (χ3n) is 2.34. The molecule has 1 aromatic rings. The third kappa shape index (κ3) is 5.24. The minimum absolute atomic E-state index is 0. The molecule has 0 atom stereocenters. The Bertz CT molecular complexity index is 480. The lowest BCUT2D eigenvalue weighted by atomic mass is 10.2. The van der Waals surface area contributed by atoms with Crippen LogP contribution in [0.5, 0.6) is 0 Å². The zero-order valence-electron chi connectivity index (χ0n) is 10.4. The molecular formula is C11H18BrClN2O2S. The molecule has 0 aromatic heterocycles. The van der Waals surface area contributed by atoms with E-state index in [1.54, 1.807) is 18.2 Å². The molecule has 0 aliphatic rings. The maximum absolute atomic E-state index is 11.9. The smallest absolute Gasteiger partial charge is 0.240 e. The lowest BCUT2D eigenvalue weighted by Gasteiger charge is -2.08. The molecule has 0 saturated heterocycles. The summed E-state index contributed by atoms with van der Waals surface area (Å²) in [5.74, 6) is 0. The predicted octanol–water partition coefficient (Wildman–Crippen LogP) is 2.07. The van der Waals surface area contributed by atoms with Gasteiger partial charge in [-0.1, -0.05) is 15.9 Å². The van der Waals surface area contributed by atoms with Crippen LogP contribution < -0.4 is 10.0 Å². The molecule has 0 radical (unpaired) electrons. The Labute approximate surface area is 123 Å². The summed E-state index contributed by atoms with van der Waals surface area (Å²) in [5, 5.41) is 2.97. The number of benzene rings is 1. The van der Waals surface area contributed by atoms with E-state index in [1.807, 2.05) is 14.0 Å². The fourth-order valence-electron chi connectivity index (χ4n) is 1.34. The summed E-state index contributed by atoms with van der Waals surface area (Å²) in [6, 6.07) is 5.00. The molecule has 104 valence electrons. The predicted molar refractivity (Wildman–Crippen MR) is 79.9 cm³/mol. The molecule has 0 unspecified atom stereocenters. The van der Waals surface area contributed by atoms with Gasteiger partial charge in [0, 0.05) is 11.0 Å². The van der Waals surface area contributed by atoms with Gasteiger partial charge in [0.1, 0.15) is 0 Å². The number of halogens is 2. The molecule has 7 heteroatoms. The quantitative estimate of drug-likeness (QED) is 0.766. The molecule has 1 aromatic carbocycles. The van der Waals surface area contributed by atoms with E-state index in [1.165, 1.54) is 0 Å². The van der Waals surface area contributed by atoms with Crippen LogP contribution in [0.25, 0.3) is 0 Å². The van der Waals surface area contributed by atoms with Crippen molar-refractivity contribution in [2.24, 2.45) is 0 Å². The van der Waals surface area contributed by atoms with Gasteiger partial charge in [-0.2, -0.15) is 0 Å². The van der Waals surface area contributed by atoms with Gasteiger partial charge in [-0.15, -0.1) is 12.4 Å². The number of hydrogen-bond donors (Lipinski definition) is 2. The summed E-state index contributed by atoms with van der Waals surface area (Å²) < 4.78 is 27.3. The molecule has 0 aliphatic carbocycles. The van der Waals surface area contributed by atoms with E-state index in [-0.39, 0.29) is 12.4 Å². The van der Waals surface area contributed by atoms with Crippen LogP contribution in [-0.4, -0.2) is 28.6 Å². The Morgan fingerprint density at radius 3 is 2.50 bits per heavy atom. The molecule has 0 saturated carbocycles. The van der Waals surface area contributed by atoms with Crippen molar-refractivity contribution >= 4 is 38.4 Å². The van der Waals surface area contributed by atoms with Crippen molar-refractivity contribution in [3.63, 3.8) is 0 Å². The number of rotatable bonds is 6. The van der Waals surface area contributed by atoms with Gasteiger partial charge in [0.15, 0.2) is 0 Å². The summed E-state index contributed by atoms with van der Waals surface area (Å²) >= 11 is 3.35. The molecule has 0 amide bonds. The highest BCUT2D eigenvalue weighted by Gasteiger charge is 2.13. The fraction of sp³-hybridized carbons (Fsp3) is 0.455. The first kappa shape index (κ1) is 17.9. The summed E-state index contributed by atoms with van der Waals surface area (Å²) in [4.78, 5) is 0.308. The number of sulfonamides is 1. The SMILES string of the molecule is CNCCCNS(=O)(=O)c1ccc(Br)c(C)c1.Cl. The molecule has 1 rings (SSSR count). The average molecular weight is 358 g/mol. The van der Waals surface area contributed by atoms with Crippen molar-refractivity contribution in [1.29, 1.82) is 0 Å². The van der Waals surface area contributed by atoms with Crippen LogP contribution in [0.2, 0.25) is 0 Å². The molecule has 0 aliphatic heterocycles. The molecule has 2 N–H and O–H groups in total. The van der Waals surface area contributed by atoms with Crippen molar-refractivity contribution in [1.82, 2.24) is 10.0 Å². The van der Waals surface area contributed by atoms with Crippen LogP contribution >= 0.6 is 28.3 Å². The Hall–Kier alpha value is -0.140. The Balaban J connectivity index is 0.00000289. The maximum atomic E-state index is 11.9. The van der Waals surface area contributed by atoms with Crippen molar-refractivity contribution in [2.45, 2.75) is 18.2 Å². The van der Waals surface area contributed by atoms with Gasteiger partial charge in [-0.05, 0) is 50.7 Å². The maximum Gasteiger partial charge on any atom is 0.240 e. The Kier molecular flexibility index (Phi) is 8.05. The zero-order valence-corrected chi connectivity index (χ0v) is 13.6. The summed E-state index contributed by atoms with van der Waals surface area (Å²) in [7, 11) is -1.54. The van der Waals surface area contributed by atoms with Gasteiger partial charge >= 0.3 is 0 Å². The first-order valence-corrected chi connectivity index (χ1v) is 7.65. The first-order valence-electron chi connectivity index (χ1n) is 5.38. The van der Waals surface area contributed by atoms with E-state index >= 15 is 0 Å². The van der Waals surface area contributed by atoms with Crippen LogP contribution in [0.3, 0.4) is 0 Å². The monoisotopic (exact) mass is 356 g/mol. The van der Waals surface area contributed by atoms with E-state index in [9.17, 15) is 8.42 Å². The van der Waals surface area contributed by atoms with Gasteiger partial charge in [-0.25, -0.2) is 13.1 Å². The Morgan fingerprint density at radius 2 is 1.94 bits per heavy atom. The van der Waals surface area contributed by atoms with E-state index < -0.39 is 10.0 Å². The van der Waals surface area contributed by atoms with Crippen molar-refractivity contribution in [2.75, 3.05) is 20.1 Å². The normalized spacial score (nSPS) is 11.1. The van der Waals surface area contributed by atoms with Crippen molar-refractivity contribution in [3.05, 3.63) is 28.2 Å². The second kappa shape index (κ2) is 8.12. The van der Waals surface area contributed by atoms with Crippen LogP contribution in [0.1, 0.15) is 12.0 Å². The van der Waals surface area contributed by atoms with E-state index in [0.29, 0.717) is 11.4 Å². The second-order valence-corrected chi connectivity index (χ2v) is 6.39. The molecule has 0 spiro atoms. The summed E-state index contributed by atoms with van der Waals surface area (Å²) in [6.07, 6.45) is 0.769. The van der Waals surface area contributed by atoms with Gasteiger partial charge in [-0.3, -0.25) is 0 Å². The van der Waals surface area contributed by atoms with Gasteiger partial charge in [0.05, 0.1) is 4.90 Å². The van der Waals surface area contributed by atoms with E-state index in [2.05, 4.69) is 26.0 Å². The van der Waals surface area contributed by atoms with Gasteiger partial charge in [0.25, 0.3) is 0 Å². The average Bonchev–Trinajstić information content (AvgIpc) is 2.28. The summed E-state index contributed by atoms with van der Waals surface area (Å²) in [5.41, 5.74) is 0.906. The van der Waals surface area contributed by atoms with Gasteiger partial charge < -0.3 is 5.32 Å². The molecule has 0 heterocycles. The molecule has 18 heavy (non-hydrogen) atoms. The lowest BCUT2D eigenvalue weighted by Crippen LogP contribution is -2.26. The highest BCUT2D eigenvalue weighted by atomic mass is 79.9. The number of hydrogen-bond acceptors (Lipinski definition) is 3. The first-order chi connectivity index (χ1) is 7.97. The second-order valence-electron chi connectivity index (χ2n) is 3.77. The Morgan fingerprint density at radius 1 is 1.28 bits per heavy atom. The van der Waals surface area contributed by atoms with E-state index in [4.69, 9.17) is 0 Å². The third-order valence-corrected chi connectivity index (χ3v) is 4.68. The fourth-order valence-corrected chi connectivity index (χ4v) is 2.74. The van der Waals surface area contributed by atoms with Crippen LogP contribution in [0.4, 0.5) is 0 Å². The number of aryl methyl sites for hydroxylation is 1. The van der Waals surface area contributed by atoms with Crippen molar-refractivity contribution in [3.8, 4) is 0 Å². The topological polar surface area (TPSA) is 58.2 Å². The van der Waals surface area contributed by atoms with Crippen LogP contribution in [0.15, 0.2) is 27.6 Å². The van der Waals surface area contributed by atoms with Crippen LogP contribution in [-0.2, 0) is 10.0 Å². The molecule has 4 nitrogen and oxygen atoms in total. The molecule has 0 bridgehead atoms. The lowest BCUT2D eigenvalue weighted by molar-refractivity contribution is 0.577.